The SMILES string of the molecule is C=CC(=O)Nc1cccc(Br)c1I. The minimum atomic E-state index is -0.198. The Hall–Kier alpha value is -0.360. The van der Waals surface area contributed by atoms with E-state index >= 15 is 0 Å². The van der Waals surface area contributed by atoms with E-state index in [-0.39, 0.29) is 5.91 Å². The van der Waals surface area contributed by atoms with E-state index in [1.165, 1.54) is 6.08 Å². The van der Waals surface area contributed by atoms with Gasteiger partial charge in [-0.05, 0) is 56.7 Å². The first-order valence-corrected chi connectivity index (χ1v) is 5.39. The monoisotopic (exact) mass is 351 g/mol. The summed E-state index contributed by atoms with van der Waals surface area (Å²) >= 11 is 5.53. The Morgan fingerprint density at radius 2 is 2.31 bits per heavy atom. The fraction of sp³-hybridized carbons (Fsp3) is 0. The molecule has 4 heteroatoms. The Balaban J connectivity index is 2.95. The predicted octanol–water partition coefficient (Wildman–Crippen LogP) is 3.18. The van der Waals surface area contributed by atoms with Crippen LogP contribution in [0.5, 0.6) is 0 Å². The topological polar surface area (TPSA) is 29.1 Å². The summed E-state index contributed by atoms with van der Waals surface area (Å²) in [7, 11) is 0. The maximum atomic E-state index is 11.0. The molecule has 0 radical (unpaired) electrons. The molecule has 0 aromatic heterocycles. The maximum absolute atomic E-state index is 11.0. The van der Waals surface area contributed by atoms with Crippen molar-refractivity contribution in [3.63, 3.8) is 0 Å². The van der Waals surface area contributed by atoms with Crippen molar-refractivity contribution in [2.24, 2.45) is 0 Å². The maximum Gasteiger partial charge on any atom is 0.247 e. The normalized spacial score (nSPS) is 9.38. The molecule has 0 saturated carbocycles. The highest BCUT2D eigenvalue weighted by Gasteiger charge is 2.04. The van der Waals surface area contributed by atoms with Crippen LogP contribution in [0.25, 0.3) is 0 Å². The van der Waals surface area contributed by atoms with Gasteiger partial charge in [-0.15, -0.1) is 0 Å². The van der Waals surface area contributed by atoms with Gasteiger partial charge in [0.25, 0.3) is 0 Å². The summed E-state index contributed by atoms with van der Waals surface area (Å²) in [6, 6.07) is 5.63. The molecule has 1 amide bonds. The number of carbonyl (C=O) groups excluding carboxylic acids is 1. The number of hydrogen-bond donors (Lipinski definition) is 1. The Morgan fingerprint density at radius 3 is 2.92 bits per heavy atom. The predicted molar refractivity (Wildman–Crippen MR) is 65.7 cm³/mol. The molecular formula is C9H7BrINO. The average Bonchev–Trinajstić information content (AvgIpc) is 2.13. The smallest absolute Gasteiger partial charge is 0.247 e. The van der Waals surface area contributed by atoms with Crippen LogP contribution in [0, 0.1) is 3.57 Å². The molecule has 0 spiro atoms. The molecule has 0 fully saturated rings. The van der Waals surface area contributed by atoms with Crippen molar-refractivity contribution in [2.45, 2.75) is 0 Å². The molecule has 13 heavy (non-hydrogen) atoms. The third-order valence-electron chi connectivity index (χ3n) is 1.39. The molecule has 1 N–H and O–H groups in total. The van der Waals surface area contributed by atoms with Crippen molar-refractivity contribution < 1.29 is 4.79 Å². The number of anilines is 1. The van der Waals surface area contributed by atoms with Gasteiger partial charge >= 0.3 is 0 Å². The van der Waals surface area contributed by atoms with Crippen LogP contribution < -0.4 is 5.32 Å². The minimum Gasteiger partial charge on any atom is -0.322 e. The lowest BCUT2D eigenvalue weighted by Crippen LogP contribution is -2.08. The average molecular weight is 352 g/mol. The van der Waals surface area contributed by atoms with Crippen molar-refractivity contribution in [2.75, 3.05) is 5.32 Å². The molecule has 0 unspecified atom stereocenters. The Labute approximate surface area is 98.7 Å². The highest BCUT2D eigenvalue weighted by molar-refractivity contribution is 14.1. The number of carbonyl (C=O) groups is 1. The molecule has 2 nitrogen and oxygen atoms in total. The number of nitrogens with one attached hydrogen (secondary N) is 1. The Kier molecular flexibility index (Phi) is 3.92. The van der Waals surface area contributed by atoms with Gasteiger partial charge in [0.2, 0.25) is 5.91 Å². The lowest BCUT2D eigenvalue weighted by molar-refractivity contribution is -0.111. The largest absolute Gasteiger partial charge is 0.322 e. The van der Waals surface area contributed by atoms with Gasteiger partial charge in [-0.3, -0.25) is 4.79 Å². The van der Waals surface area contributed by atoms with Crippen molar-refractivity contribution >= 4 is 50.1 Å². The second kappa shape index (κ2) is 4.76. The Morgan fingerprint density at radius 1 is 1.62 bits per heavy atom. The van der Waals surface area contributed by atoms with E-state index in [0.29, 0.717) is 0 Å². The van der Waals surface area contributed by atoms with Gasteiger partial charge in [0.05, 0.1) is 9.26 Å². The molecule has 0 aliphatic carbocycles. The zero-order chi connectivity index (χ0) is 9.84. The standard InChI is InChI=1S/C9H7BrINO/c1-2-8(13)12-7-5-3-4-6(10)9(7)11/h2-5H,1H2,(H,12,13). The van der Waals surface area contributed by atoms with Crippen LogP contribution >= 0.6 is 38.5 Å². The number of benzene rings is 1. The van der Waals surface area contributed by atoms with Crippen LogP contribution in [0.4, 0.5) is 5.69 Å². The quantitative estimate of drug-likeness (QED) is 0.643. The first-order valence-electron chi connectivity index (χ1n) is 3.52. The summed E-state index contributed by atoms with van der Waals surface area (Å²) in [5, 5.41) is 2.71. The van der Waals surface area contributed by atoms with E-state index in [2.05, 4.69) is 50.4 Å². The van der Waals surface area contributed by atoms with Gasteiger partial charge in [0.1, 0.15) is 0 Å². The molecule has 68 valence electrons. The molecule has 1 aromatic rings. The van der Waals surface area contributed by atoms with Crippen LogP contribution in [0.2, 0.25) is 0 Å². The highest BCUT2D eigenvalue weighted by atomic mass is 127. The van der Waals surface area contributed by atoms with E-state index in [4.69, 9.17) is 0 Å². The van der Waals surface area contributed by atoms with Gasteiger partial charge in [0.15, 0.2) is 0 Å². The lowest BCUT2D eigenvalue weighted by Gasteiger charge is -2.05. The number of amides is 1. The van der Waals surface area contributed by atoms with E-state index < -0.39 is 0 Å². The fourth-order valence-electron chi connectivity index (χ4n) is 0.784. The van der Waals surface area contributed by atoms with Crippen molar-refractivity contribution in [1.29, 1.82) is 0 Å². The van der Waals surface area contributed by atoms with Gasteiger partial charge < -0.3 is 5.32 Å². The van der Waals surface area contributed by atoms with Crippen LogP contribution in [-0.4, -0.2) is 5.91 Å². The van der Waals surface area contributed by atoms with Gasteiger partial charge in [0, 0.05) is 4.47 Å². The third-order valence-corrected chi connectivity index (χ3v) is 3.96. The summed E-state index contributed by atoms with van der Waals surface area (Å²) in [5.74, 6) is -0.198. The number of hydrogen-bond acceptors (Lipinski definition) is 1. The summed E-state index contributed by atoms with van der Waals surface area (Å²) in [5.41, 5.74) is 0.792. The number of rotatable bonds is 2. The molecule has 0 saturated heterocycles. The van der Waals surface area contributed by atoms with E-state index in [1.807, 2.05) is 18.2 Å². The third kappa shape index (κ3) is 2.80. The van der Waals surface area contributed by atoms with Crippen molar-refractivity contribution in [3.8, 4) is 0 Å². The zero-order valence-electron chi connectivity index (χ0n) is 6.68. The first kappa shape index (κ1) is 10.7. The molecular weight excluding hydrogens is 345 g/mol. The molecule has 1 aromatic carbocycles. The van der Waals surface area contributed by atoms with Crippen LogP contribution in [0.15, 0.2) is 35.3 Å². The number of halogens is 2. The highest BCUT2D eigenvalue weighted by Crippen LogP contribution is 2.26. The van der Waals surface area contributed by atoms with E-state index in [0.717, 1.165) is 13.7 Å². The second-order valence-corrected chi connectivity index (χ2v) is 4.23. The molecule has 0 heterocycles. The fourth-order valence-corrected chi connectivity index (χ4v) is 1.64. The molecule has 1 rings (SSSR count). The first-order chi connectivity index (χ1) is 6.15. The zero-order valence-corrected chi connectivity index (χ0v) is 10.4. The van der Waals surface area contributed by atoms with Crippen molar-refractivity contribution in [3.05, 3.63) is 38.9 Å². The molecule has 0 aliphatic heterocycles. The summed E-state index contributed by atoms with van der Waals surface area (Å²) in [6.07, 6.45) is 1.25. The summed E-state index contributed by atoms with van der Waals surface area (Å²) in [4.78, 5) is 11.0. The van der Waals surface area contributed by atoms with Crippen LogP contribution in [-0.2, 0) is 4.79 Å². The van der Waals surface area contributed by atoms with Gasteiger partial charge in [-0.2, -0.15) is 0 Å². The van der Waals surface area contributed by atoms with Gasteiger partial charge in [-0.25, -0.2) is 0 Å². The van der Waals surface area contributed by atoms with E-state index in [9.17, 15) is 4.79 Å². The Bertz CT molecular complexity index is 351. The molecule has 0 aliphatic rings. The summed E-state index contributed by atoms with van der Waals surface area (Å²) in [6.45, 7) is 3.38. The van der Waals surface area contributed by atoms with Crippen LogP contribution in [0.1, 0.15) is 0 Å². The van der Waals surface area contributed by atoms with Crippen molar-refractivity contribution in [1.82, 2.24) is 0 Å². The van der Waals surface area contributed by atoms with E-state index in [1.54, 1.807) is 0 Å². The molecule has 0 atom stereocenters. The summed E-state index contributed by atoms with van der Waals surface area (Å²) < 4.78 is 1.95. The lowest BCUT2D eigenvalue weighted by atomic mass is 10.3. The minimum absolute atomic E-state index is 0.198. The molecule has 0 bridgehead atoms. The van der Waals surface area contributed by atoms with Crippen LogP contribution in [0.3, 0.4) is 0 Å². The second-order valence-electron chi connectivity index (χ2n) is 2.29. The van der Waals surface area contributed by atoms with Gasteiger partial charge in [-0.1, -0.05) is 12.6 Å².